The van der Waals surface area contributed by atoms with Gasteiger partial charge in [-0.25, -0.2) is 14.8 Å². The molecule has 0 unspecified atom stereocenters. The Labute approximate surface area is 281 Å². The molecule has 0 aliphatic carbocycles. The van der Waals surface area contributed by atoms with E-state index in [9.17, 15) is 23.2 Å². The number of alkyl halides is 2. The van der Waals surface area contributed by atoms with E-state index >= 15 is 0 Å². The minimum Gasteiger partial charge on any atom is -0.495 e. The number of rotatable bonds is 8. The molecule has 0 radical (unpaired) electrons. The van der Waals surface area contributed by atoms with Crippen molar-refractivity contribution in [2.75, 3.05) is 62.0 Å². The lowest BCUT2D eigenvalue weighted by Crippen LogP contribution is -2.54. The lowest BCUT2D eigenvalue weighted by Gasteiger charge is -2.34. The van der Waals surface area contributed by atoms with Gasteiger partial charge in [0, 0.05) is 44.5 Å². The Kier molecular flexibility index (Phi) is 9.53. The van der Waals surface area contributed by atoms with E-state index in [1.165, 1.54) is 25.3 Å². The second-order valence-corrected chi connectivity index (χ2v) is 11.4. The molecular weight excluding hydrogens is 638 g/mol. The molecule has 2 aliphatic rings. The number of hydrogen-bond donors (Lipinski definition) is 2. The monoisotopic (exact) mass is 672 g/mol. The van der Waals surface area contributed by atoms with E-state index in [4.69, 9.17) is 9.47 Å². The number of methoxy groups -OCH3 is 1. The van der Waals surface area contributed by atoms with Crippen LogP contribution < -0.4 is 25.3 Å². The minimum atomic E-state index is -3.68. The van der Waals surface area contributed by atoms with Gasteiger partial charge in [0.25, 0.3) is 11.8 Å². The largest absolute Gasteiger partial charge is 0.495 e. The number of hydrogen-bond acceptors (Lipinski definition) is 10. The van der Waals surface area contributed by atoms with Crippen LogP contribution in [0.3, 0.4) is 0 Å². The molecule has 1 aromatic heterocycles. The highest BCUT2D eigenvalue weighted by atomic mass is 19.3. The number of benzene rings is 3. The number of ether oxygens (including phenoxy) is 2. The smallest absolute Gasteiger partial charge is 0.410 e. The van der Waals surface area contributed by atoms with Gasteiger partial charge in [-0.3, -0.25) is 15.0 Å². The van der Waals surface area contributed by atoms with Crippen LogP contribution in [-0.4, -0.2) is 90.6 Å². The maximum atomic E-state index is 15.0. The number of carbonyl (C=O) groups excluding carboxylic acids is 3. The topological polar surface area (TPSA) is 132 Å². The van der Waals surface area contributed by atoms with Crippen molar-refractivity contribution in [3.8, 4) is 5.75 Å². The molecule has 1 saturated heterocycles. The zero-order valence-electron chi connectivity index (χ0n) is 26.8. The number of nitrogens with one attached hydrogen (secondary N) is 2. The maximum Gasteiger partial charge on any atom is 0.410 e. The van der Waals surface area contributed by atoms with Gasteiger partial charge in [0.2, 0.25) is 5.95 Å². The summed E-state index contributed by atoms with van der Waals surface area (Å²) in [7, 11) is 2.70. The molecular formula is C34H34F2N8O5. The fourth-order valence-electron chi connectivity index (χ4n) is 5.46. The van der Waals surface area contributed by atoms with Crippen LogP contribution in [0.15, 0.2) is 85.1 Å². The van der Waals surface area contributed by atoms with E-state index in [-0.39, 0.29) is 30.0 Å². The van der Waals surface area contributed by atoms with Crippen LogP contribution in [-0.2, 0) is 16.1 Å². The third-order valence-corrected chi connectivity index (χ3v) is 8.12. The molecule has 254 valence electrons. The maximum absolute atomic E-state index is 15.0. The molecule has 4 aromatic rings. The van der Waals surface area contributed by atoms with Gasteiger partial charge in [-0.1, -0.05) is 48.5 Å². The molecule has 1 fully saturated rings. The van der Waals surface area contributed by atoms with Gasteiger partial charge < -0.3 is 29.5 Å². The standard InChI is InChI=1S/C34H34F2N8O5/c1-41-27-20-37-32(39-29(27)44(22-34(35,36)31(41)46)25-11-7-4-8-12-25)38-26-14-13-24(19-28(26)48-2)30(45)40-43-17-15-42(16-18-43)33(47)49-21-23-9-5-3-6-10-23/h3-14,19-20H,15-18,21-22H2,1-2H3,(H,40,45)(H,37,38,39). The summed E-state index contributed by atoms with van der Waals surface area (Å²) in [5.41, 5.74) is 5.03. The molecule has 2 N–H and O–H groups in total. The predicted octanol–water partition coefficient (Wildman–Crippen LogP) is 4.58. The van der Waals surface area contributed by atoms with Gasteiger partial charge >= 0.3 is 12.0 Å². The van der Waals surface area contributed by atoms with Crippen LogP contribution in [0.1, 0.15) is 15.9 Å². The third kappa shape index (κ3) is 7.36. The van der Waals surface area contributed by atoms with E-state index in [0.29, 0.717) is 48.9 Å². The first-order valence-corrected chi connectivity index (χ1v) is 15.4. The summed E-state index contributed by atoms with van der Waals surface area (Å²) in [5, 5.41) is 4.77. The molecule has 2 aliphatic heterocycles. The van der Waals surface area contributed by atoms with Crippen LogP contribution >= 0.6 is 0 Å². The van der Waals surface area contributed by atoms with Crippen molar-refractivity contribution >= 4 is 46.7 Å². The lowest BCUT2D eigenvalue weighted by atomic mass is 10.1. The highest BCUT2D eigenvalue weighted by Gasteiger charge is 2.47. The number of anilines is 5. The average Bonchev–Trinajstić information content (AvgIpc) is 3.20. The van der Waals surface area contributed by atoms with Gasteiger partial charge in [0.15, 0.2) is 5.82 Å². The SMILES string of the molecule is COc1cc(C(=O)NN2CCN(C(=O)OCc3ccccc3)CC2)ccc1Nc1ncc2c(n1)N(c1ccccc1)CC(F)(F)C(=O)N2C. The number of aromatic nitrogens is 2. The zero-order chi connectivity index (χ0) is 34.5. The van der Waals surface area contributed by atoms with Crippen molar-refractivity contribution in [2.45, 2.75) is 12.5 Å². The first kappa shape index (κ1) is 33.1. The second-order valence-electron chi connectivity index (χ2n) is 11.4. The van der Waals surface area contributed by atoms with Gasteiger partial charge in [-0.15, -0.1) is 0 Å². The van der Waals surface area contributed by atoms with E-state index in [1.807, 2.05) is 30.3 Å². The summed E-state index contributed by atoms with van der Waals surface area (Å²) >= 11 is 0. The Morgan fingerprint density at radius 1 is 0.959 bits per heavy atom. The fraction of sp³-hybridized carbons (Fsp3) is 0.265. The summed E-state index contributed by atoms with van der Waals surface area (Å²) < 4.78 is 40.9. The highest BCUT2D eigenvalue weighted by Crippen LogP contribution is 2.40. The molecule has 0 spiro atoms. The average molecular weight is 673 g/mol. The van der Waals surface area contributed by atoms with E-state index in [0.717, 1.165) is 10.5 Å². The number of fused-ring (bicyclic) bond motifs is 1. The van der Waals surface area contributed by atoms with Gasteiger partial charge in [0.05, 0.1) is 25.5 Å². The third-order valence-electron chi connectivity index (χ3n) is 8.12. The molecule has 3 heterocycles. The van der Waals surface area contributed by atoms with Crippen LogP contribution in [0.5, 0.6) is 5.75 Å². The Morgan fingerprint density at radius 3 is 2.35 bits per heavy atom. The van der Waals surface area contributed by atoms with Crippen molar-refractivity contribution in [2.24, 2.45) is 0 Å². The number of para-hydroxylation sites is 1. The van der Waals surface area contributed by atoms with Crippen molar-refractivity contribution in [3.63, 3.8) is 0 Å². The molecule has 0 bridgehead atoms. The van der Waals surface area contributed by atoms with Crippen LogP contribution in [0.25, 0.3) is 0 Å². The molecule has 13 nitrogen and oxygen atoms in total. The molecule has 49 heavy (non-hydrogen) atoms. The molecule has 0 atom stereocenters. The molecule has 0 saturated carbocycles. The zero-order valence-corrected chi connectivity index (χ0v) is 26.8. The van der Waals surface area contributed by atoms with Gasteiger partial charge in [-0.05, 0) is 35.9 Å². The second kappa shape index (κ2) is 14.1. The van der Waals surface area contributed by atoms with Crippen molar-refractivity contribution in [1.82, 2.24) is 25.3 Å². The number of halogens is 2. The number of hydrazine groups is 1. The number of amides is 3. The predicted molar refractivity (Wildman–Crippen MR) is 177 cm³/mol. The summed E-state index contributed by atoms with van der Waals surface area (Å²) in [4.78, 5) is 50.8. The molecule has 3 amide bonds. The van der Waals surface area contributed by atoms with E-state index in [2.05, 4.69) is 20.7 Å². The van der Waals surface area contributed by atoms with E-state index in [1.54, 1.807) is 58.4 Å². The van der Waals surface area contributed by atoms with Crippen molar-refractivity contribution in [1.29, 1.82) is 0 Å². The van der Waals surface area contributed by atoms with Gasteiger partial charge in [-0.2, -0.15) is 13.8 Å². The molecule has 3 aromatic carbocycles. The summed E-state index contributed by atoms with van der Waals surface area (Å²) in [5.74, 6) is -4.96. The minimum absolute atomic E-state index is 0.0569. The Bertz CT molecular complexity index is 1820. The van der Waals surface area contributed by atoms with Gasteiger partial charge in [0.1, 0.15) is 18.0 Å². The Morgan fingerprint density at radius 2 is 1.65 bits per heavy atom. The number of carbonyl (C=O) groups is 3. The quantitative estimate of drug-likeness (QED) is 0.274. The summed E-state index contributed by atoms with van der Waals surface area (Å²) in [6.45, 7) is 0.848. The Balaban J connectivity index is 1.12. The highest BCUT2D eigenvalue weighted by molar-refractivity contribution is 6.02. The van der Waals surface area contributed by atoms with Crippen LogP contribution in [0, 0.1) is 0 Å². The molecule has 15 heteroatoms. The Hall–Kier alpha value is -5.83. The number of piperazine rings is 1. The van der Waals surface area contributed by atoms with E-state index < -0.39 is 24.5 Å². The fourth-order valence-corrected chi connectivity index (χ4v) is 5.46. The van der Waals surface area contributed by atoms with Crippen molar-refractivity contribution < 1.29 is 32.6 Å². The summed E-state index contributed by atoms with van der Waals surface area (Å²) in [6, 6.07) is 22.6. The first-order chi connectivity index (χ1) is 23.6. The number of nitrogens with zero attached hydrogens (tertiary/aromatic N) is 6. The molecule has 6 rings (SSSR count). The lowest BCUT2D eigenvalue weighted by molar-refractivity contribution is -0.140. The normalized spacial score (nSPS) is 16.0. The van der Waals surface area contributed by atoms with Crippen LogP contribution in [0.4, 0.5) is 42.4 Å². The first-order valence-electron chi connectivity index (χ1n) is 15.4. The summed E-state index contributed by atoms with van der Waals surface area (Å²) in [6.07, 6.45) is 0.893. The van der Waals surface area contributed by atoms with Crippen molar-refractivity contribution in [3.05, 3.63) is 96.2 Å². The van der Waals surface area contributed by atoms with Crippen LogP contribution in [0.2, 0.25) is 0 Å².